The summed E-state index contributed by atoms with van der Waals surface area (Å²) >= 11 is 0. The van der Waals surface area contributed by atoms with Crippen LogP contribution in [-0.4, -0.2) is 193 Å². The Morgan fingerprint density at radius 1 is 0.333 bits per heavy atom. The summed E-state index contributed by atoms with van der Waals surface area (Å²) in [5.41, 5.74) is 0. The second kappa shape index (κ2) is 69.1. The predicted octanol–water partition coefficient (Wildman–Crippen LogP) is 16.8. The molecule has 3 aliphatic heterocycles. The molecule has 0 radical (unpaired) electrons. The Labute approximate surface area is 656 Å². The maximum atomic E-state index is 13.5. The van der Waals surface area contributed by atoms with E-state index in [1.54, 1.807) is 6.08 Å². The van der Waals surface area contributed by atoms with E-state index in [1.165, 1.54) is 295 Å². The number of carbonyl (C=O) groups excluding carboxylic acids is 1. The molecular formula is C89H165NO18. The van der Waals surface area contributed by atoms with Gasteiger partial charge in [0.05, 0.1) is 38.6 Å². The smallest absolute Gasteiger partial charge is 0.220 e. The fourth-order valence-electron chi connectivity index (χ4n) is 15.2. The lowest BCUT2D eigenvalue weighted by Crippen LogP contribution is -2.66. The number of unbranched alkanes of at least 4 members (excludes halogenated alkanes) is 51. The summed E-state index contributed by atoms with van der Waals surface area (Å²) in [5.74, 6) is -0.268. The van der Waals surface area contributed by atoms with Crippen LogP contribution >= 0.6 is 0 Å². The van der Waals surface area contributed by atoms with Crippen LogP contribution in [0.2, 0.25) is 0 Å². The number of carbonyl (C=O) groups is 1. The van der Waals surface area contributed by atoms with E-state index in [1.807, 2.05) is 6.08 Å². The van der Waals surface area contributed by atoms with E-state index in [-0.39, 0.29) is 18.9 Å². The van der Waals surface area contributed by atoms with Gasteiger partial charge in [-0.25, -0.2) is 0 Å². The molecule has 3 heterocycles. The summed E-state index contributed by atoms with van der Waals surface area (Å²) in [5, 5.41) is 121. The number of hydrogen-bond acceptors (Lipinski definition) is 18. The number of ether oxygens (including phenoxy) is 6. The van der Waals surface area contributed by atoms with Gasteiger partial charge in [-0.15, -0.1) is 0 Å². The van der Waals surface area contributed by atoms with Crippen LogP contribution < -0.4 is 5.32 Å². The SMILES string of the molecule is CCCCCCC/C=C\C/C=C\C/C=C\CCCCCCCCCCCCCCCCCCCCCCCCC(=O)NC(COC1OC(CO)C(OC2OC(CO)C(OC3OC(CO)C(O)C(O)C3O)C(O)C2O)C(O)C1O)C(O)/C=C/CCCCCCCCCCCCCCCCCCCCCCCCCC. The van der Waals surface area contributed by atoms with Crippen molar-refractivity contribution in [2.24, 2.45) is 0 Å². The molecule has 1 amide bonds. The van der Waals surface area contributed by atoms with Crippen LogP contribution in [0.15, 0.2) is 48.6 Å². The lowest BCUT2D eigenvalue weighted by Gasteiger charge is -2.48. The zero-order valence-corrected chi connectivity index (χ0v) is 68.3. The van der Waals surface area contributed by atoms with E-state index < -0.39 is 124 Å². The lowest BCUT2D eigenvalue weighted by atomic mass is 9.96. The average Bonchev–Trinajstić information content (AvgIpc) is 0.779. The van der Waals surface area contributed by atoms with Crippen LogP contribution in [-0.2, 0) is 33.2 Å². The van der Waals surface area contributed by atoms with E-state index in [4.69, 9.17) is 28.4 Å². The van der Waals surface area contributed by atoms with Gasteiger partial charge in [-0.2, -0.15) is 0 Å². The van der Waals surface area contributed by atoms with Gasteiger partial charge in [-0.05, 0) is 57.8 Å². The van der Waals surface area contributed by atoms with Crippen molar-refractivity contribution in [1.29, 1.82) is 0 Å². The Balaban J connectivity index is 1.32. The van der Waals surface area contributed by atoms with Gasteiger partial charge in [0.2, 0.25) is 5.91 Å². The molecule has 3 saturated heterocycles. The van der Waals surface area contributed by atoms with Crippen molar-refractivity contribution in [3.8, 4) is 0 Å². The van der Waals surface area contributed by atoms with E-state index in [0.717, 1.165) is 57.8 Å². The fraction of sp³-hybridized carbons (Fsp3) is 0.899. The first-order chi connectivity index (χ1) is 52.8. The van der Waals surface area contributed by atoms with Gasteiger partial charge >= 0.3 is 0 Å². The first-order valence-electron chi connectivity index (χ1n) is 44.9. The minimum Gasteiger partial charge on any atom is -0.394 e. The Morgan fingerprint density at radius 2 is 0.611 bits per heavy atom. The first kappa shape index (κ1) is 99.9. The van der Waals surface area contributed by atoms with E-state index in [0.29, 0.717) is 6.42 Å². The molecule has 3 fully saturated rings. The zero-order chi connectivity index (χ0) is 78.1. The molecular weight excluding hydrogens is 1370 g/mol. The summed E-state index contributed by atoms with van der Waals surface area (Å²) in [6.07, 6.45) is 62.6. The van der Waals surface area contributed by atoms with Crippen LogP contribution in [0, 0.1) is 0 Å². The average molecular weight is 1540 g/mol. The minimum absolute atomic E-state index is 0.247. The van der Waals surface area contributed by atoms with Gasteiger partial charge < -0.3 is 89.9 Å². The third kappa shape index (κ3) is 47.6. The molecule has 19 heteroatoms. The van der Waals surface area contributed by atoms with Crippen LogP contribution in [0.4, 0.5) is 0 Å². The molecule has 0 aromatic carbocycles. The number of aliphatic hydroxyl groups excluding tert-OH is 11. The number of nitrogens with one attached hydrogen (secondary N) is 1. The molecule has 0 aromatic rings. The van der Waals surface area contributed by atoms with Crippen molar-refractivity contribution >= 4 is 5.91 Å². The number of amides is 1. The molecule has 634 valence electrons. The summed E-state index contributed by atoms with van der Waals surface area (Å²) < 4.78 is 34.5. The van der Waals surface area contributed by atoms with Gasteiger partial charge in [0.1, 0.15) is 73.2 Å². The minimum atomic E-state index is -1.98. The highest BCUT2D eigenvalue weighted by Crippen LogP contribution is 2.34. The topological polar surface area (TPSA) is 307 Å². The van der Waals surface area contributed by atoms with Gasteiger partial charge in [0, 0.05) is 6.42 Å². The molecule has 0 aromatic heterocycles. The van der Waals surface area contributed by atoms with Crippen molar-refractivity contribution in [1.82, 2.24) is 5.32 Å². The van der Waals surface area contributed by atoms with Crippen molar-refractivity contribution in [2.75, 3.05) is 26.4 Å². The summed E-state index contributed by atoms with van der Waals surface area (Å²) in [4.78, 5) is 13.5. The van der Waals surface area contributed by atoms with Gasteiger partial charge in [0.15, 0.2) is 18.9 Å². The molecule has 0 bridgehead atoms. The highest BCUT2D eigenvalue weighted by Gasteiger charge is 2.54. The predicted molar refractivity (Wildman–Crippen MR) is 434 cm³/mol. The Kier molecular flexibility index (Phi) is 63.9. The molecule has 12 N–H and O–H groups in total. The van der Waals surface area contributed by atoms with Gasteiger partial charge in [-0.3, -0.25) is 4.79 Å². The van der Waals surface area contributed by atoms with E-state index >= 15 is 0 Å². The molecule has 17 unspecified atom stereocenters. The van der Waals surface area contributed by atoms with E-state index in [2.05, 4.69) is 55.6 Å². The second-order valence-corrected chi connectivity index (χ2v) is 32.1. The molecule has 108 heavy (non-hydrogen) atoms. The standard InChI is InChI=1S/C89H165NO18/c1-3-5-7-9-11-13-15-17-19-21-23-25-27-29-31-32-33-34-35-36-37-38-39-40-41-43-45-47-49-51-53-55-57-59-61-63-65-67-77(95)90-72(73(94)66-64-62-60-58-56-54-52-50-48-46-44-42-30-28-26-24-22-20-18-16-14-12-10-8-6-4-2)71-103-87-83(101)80(98)85(75(69-92)105-87)108-89-84(102)81(99)86(76(70-93)106-89)107-88-82(100)79(97)78(96)74(68-91)104-88/h15,17,21,23,27,29,64,66,72-76,78-89,91-94,96-102H,3-14,16,18-20,22,24-26,28,30-63,65,67-71H2,1-2H3,(H,90,95)/b17-15-,23-21-,29-27-,66-64+. The largest absolute Gasteiger partial charge is 0.394 e. The van der Waals surface area contributed by atoms with Crippen molar-refractivity contribution < 1.29 is 89.4 Å². The van der Waals surface area contributed by atoms with Crippen molar-refractivity contribution in [3.05, 3.63) is 48.6 Å². The van der Waals surface area contributed by atoms with Crippen LogP contribution in [0.1, 0.15) is 380 Å². The summed E-state index contributed by atoms with van der Waals surface area (Å²) in [6, 6.07) is -0.974. The summed E-state index contributed by atoms with van der Waals surface area (Å²) in [6.45, 7) is 1.79. The molecule has 17 atom stereocenters. The number of rotatable bonds is 73. The summed E-state index contributed by atoms with van der Waals surface area (Å²) in [7, 11) is 0. The number of hydrogen-bond donors (Lipinski definition) is 12. The Morgan fingerprint density at radius 3 is 0.954 bits per heavy atom. The van der Waals surface area contributed by atoms with Crippen molar-refractivity contribution in [2.45, 2.75) is 484 Å². The maximum Gasteiger partial charge on any atom is 0.220 e. The van der Waals surface area contributed by atoms with E-state index in [9.17, 15) is 61.0 Å². The lowest BCUT2D eigenvalue weighted by molar-refractivity contribution is -0.379. The second-order valence-electron chi connectivity index (χ2n) is 32.1. The molecule has 0 aliphatic carbocycles. The third-order valence-electron chi connectivity index (χ3n) is 22.4. The fourth-order valence-corrected chi connectivity index (χ4v) is 15.2. The van der Waals surface area contributed by atoms with Crippen LogP contribution in [0.3, 0.4) is 0 Å². The highest BCUT2D eigenvalue weighted by molar-refractivity contribution is 5.76. The Bertz CT molecular complexity index is 2130. The maximum absolute atomic E-state index is 13.5. The normalized spacial score (nSPS) is 25.6. The zero-order valence-electron chi connectivity index (χ0n) is 68.3. The quantitative estimate of drug-likeness (QED) is 0.0199. The Hall–Kier alpha value is -2.25. The highest BCUT2D eigenvalue weighted by atomic mass is 16.8. The van der Waals surface area contributed by atoms with Crippen LogP contribution in [0.5, 0.6) is 0 Å². The third-order valence-corrected chi connectivity index (χ3v) is 22.4. The van der Waals surface area contributed by atoms with Crippen molar-refractivity contribution in [3.63, 3.8) is 0 Å². The monoisotopic (exact) mass is 1540 g/mol. The molecule has 19 nitrogen and oxygen atoms in total. The number of allylic oxidation sites excluding steroid dienone is 7. The molecule has 3 aliphatic rings. The number of aliphatic hydroxyl groups is 11. The van der Waals surface area contributed by atoms with Gasteiger partial charge in [-0.1, -0.05) is 364 Å². The van der Waals surface area contributed by atoms with Gasteiger partial charge in [0.25, 0.3) is 0 Å². The molecule has 3 rings (SSSR count). The van der Waals surface area contributed by atoms with Crippen LogP contribution in [0.25, 0.3) is 0 Å². The first-order valence-corrected chi connectivity index (χ1v) is 44.9. The molecule has 0 spiro atoms. The molecule has 0 saturated carbocycles.